The average molecular weight is 251 g/mol. The van der Waals surface area contributed by atoms with Gasteiger partial charge in [0.25, 0.3) is 0 Å². The van der Waals surface area contributed by atoms with Gasteiger partial charge >= 0.3 is 0 Å². The van der Waals surface area contributed by atoms with E-state index in [0.717, 1.165) is 6.54 Å². The summed E-state index contributed by atoms with van der Waals surface area (Å²) in [4.78, 5) is 3.64. The molecule has 0 unspecified atom stereocenters. The van der Waals surface area contributed by atoms with E-state index in [1.165, 1.54) is 53.2 Å². The molecule has 0 saturated heterocycles. The fourth-order valence-electron chi connectivity index (χ4n) is 3.54. The number of aryl methyl sites for hydroxylation is 3. The molecule has 3 aromatic rings. The van der Waals surface area contributed by atoms with Crippen molar-refractivity contribution in [3.63, 3.8) is 0 Å². The van der Waals surface area contributed by atoms with Gasteiger partial charge in [0.2, 0.25) is 5.52 Å². The van der Waals surface area contributed by atoms with Crippen molar-refractivity contribution in [1.29, 1.82) is 0 Å². The first-order valence-electron chi connectivity index (χ1n) is 7.33. The molecule has 0 bridgehead atoms. The van der Waals surface area contributed by atoms with Crippen molar-refractivity contribution in [3.8, 4) is 0 Å². The molecule has 0 atom stereocenters. The summed E-state index contributed by atoms with van der Waals surface area (Å²) in [6, 6.07) is 8.95. The number of nitrogens with zero attached hydrogens (tertiary/aromatic N) is 1. The highest BCUT2D eigenvalue weighted by Crippen LogP contribution is 2.33. The van der Waals surface area contributed by atoms with E-state index in [1.807, 2.05) is 0 Å². The summed E-state index contributed by atoms with van der Waals surface area (Å²) in [5.41, 5.74) is 5.71. The molecule has 19 heavy (non-hydrogen) atoms. The van der Waals surface area contributed by atoms with Crippen LogP contribution in [0.4, 0.5) is 0 Å². The highest BCUT2D eigenvalue weighted by molar-refractivity contribution is 6.06. The molecule has 4 rings (SSSR count). The van der Waals surface area contributed by atoms with Gasteiger partial charge in [-0.05, 0) is 50.3 Å². The first kappa shape index (κ1) is 11.0. The molecule has 0 aliphatic heterocycles. The molecule has 0 fully saturated rings. The minimum atomic E-state index is 1.02. The number of benzene rings is 1. The molecule has 2 aromatic heterocycles. The Kier molecular flexibility index (Phi) is 2.37. The predicted octanol–water partition coefficient (Wildman–Crippen LogP) is 3.51. The first-order valence-corrected chi connectivity index (χ1v) is 7.33. The fourth-order valence-corrected chi connectivity index (χ4v) is 3.54. The lowest BCUT2D eigenvalue weighted by atomic mass is 9.94. The minimum absolute atomic E-state index is 1.02. The van der Waals surface area contributed by atoms with Crippen LogP contribution in [-0.2, 0) is 19.4 Å². The number of H-pyrrole nitrogens is 1. The molecule has 1 aliphatic carbocycles. The molecule has 2 heteroatoms. The lowest BCUT2D eigenvalue weighted by molar-refractivity contribution is -0.667. The molecular weight excluding hydrogens is 232 g/mol. The monoisotopic (exact) mass is 251 g/mol. The second-order valence-electron chi connectivity index (χ2n) is 5.50. The van der Waals surface area contributed by atoms with E-state index in [2.05, 4.69) is 46.9 Å². The van der Waals surface area contributed by atoms with Crippen molar-refractivity contribution < 1.29 is 4.57 Å². The summed E-state index contributed by atoms with van der Waals surface area (Å²) in [5.74, 6) is 0. The van der Waals surface area contributed by atoms with Gasteiger partial charge in [-0.1, -0.05) is 0 Å². The number of hydrogen-bond donors (Lipinski definition) is 1. The topological polar surface area (TPSA) is 19.7 Å². The molecule has 96 valence electrons. The van der Waals surface area contributed by atoms with Crippen LogP contribution in [0.2, 0.25) is 0 Å². The van der Waals surface area contributed by atoms with Gasteiger partial charge < -0.3 is 4.98 Å². The summed E-state index contributed by atoms with van der Waals surface area (Å²) in [6.45, 7) is 3.23. The second-order valence-corrected chi connectivity index (χ2v) is 5.50. The van der Waals surface area contributed by atoms with E-state index in [-0.39, 0.29) is 0 Å². The normalized spacial score (nSPS) is 15.0. The van der Waals surface area contributed by atoms with Gasteiger partial charge in [0.1, 0.15) is 6.54 Å². The number of fused-ring (bicyclic) bond motifs is 5. The molecule has 1 N–H and O–H groups in total. The van der Waals surface area contributed by atoms with Crippen molar-refractivity contribution in [2.24, 2.45) is 0 Å². The largest absolute Gasteiger partial charge is 0.358 e. The number of pyridine rings is 1. The summed E-state index contributed by atoms with van der Waals surface area (Å²) in [5, 5.41) is 2.87. The Balaban J connectivity index is 2.15. The number of aromatic nitrogens is 2. The first-order chi connectivity index (χ1) is 9.38. The van der Waals surface area contributed by atoms with Gasteiger partial charge in [-0.25, -0.2) is 0 Å². The molecule has 2 heterocycles. The van der Waals surface area contributed by atoms with Crippen LogP contribution in [0, 0.1) is 0 Å². The number of nitrogens with one attached hydrogen (secondary N) is 1. The maximum absolute atomic E-state index is 3.64. The zero-order valence-corrected chi connectivity index (χ0v) is 11.4. The SMILES string of the molecule is CC[n+]1cccc2c3c4c([nH]c3ccc21)CCCC4. The Morgan fingerprint density at radius 2 is 2.05 bits per heavy atom. The highest BCUT2D eigenvalue weighted by Gasteiger charge is 2.19. The van der Waals surface area contributed by atoms with Gasteiger partial charge in [-0.15, -0.1) is 0 Å². The number of aromatic amines is 1. The van der Waals surface area contributed by atoms with Crippen LogP contribution in [0.1, 0.15) is 31.0 Å². The van der Waals surface area contributed by atoms with Crippen molar-refractivity contribution >= 4 is 21.8 Å². The zero-order valence-electron chi connectivity index (χ0n) is 11.4. The van der Waals surface area contributed by atoms with E-state index in [9.17, 15) is 0 Å². The molecule has 0 spiro atoms. The number of rotatable bonds is 1. The lowest BCUT2D eigenvalue weighted by Gasteiger charge is -2.10. The molecule has 2 nitrogen and oxygen atoms in total. The second kappa shape index (κ2) is 4.09. The van der Waals surface area contributed by atoms with Crippen molar-refractivity contribution in [1.82, 2.24) is 4.98 Å². The van der Waals surface area contributed by atoms with Crippen LogP contribution in [0.5, 0.6) is 0 Å². The van der Waals surface area contributed by atoms with Crippen LogP contribution in [0.25, 0.3) is 21.8 Å². The Hall–Kier alpha value is -1.83. The van der Waals surface area contributed by atoms with Gasteiger partial charge in [-0.3, -0.25) is 0 Å². The van der Waals surface area contributed by atoms with Crippen LogP contribution < -0.4 is 4.57 Å². The van der Waals surface area contributed by atoms with Crippen LogP contribution in [-0.4, -0.2) is 4.98 Å². The fraction of sp³-hybridized carbons (Fsp3) is 0.353. The van der Waals surface area contributed by atoms with Gasteiger partial charge in [0.05, 0.1) is 5.39 Å². The Morgan fingerprint density at radius 3 is 2.95 bits per heavy atom. The molecular formula is C17H19N2+. The molecule has 1 aromatic carbocycles. The molecule has 0 saturated carbocycles. The summed E-state index contributed by atoms with van der Waals surface area (Å²) >= 11 is 0. The third kappa shape index (κ3) is 1.52. The van der Waals surface area contributed by atoms with E-state index in [0.29, 0.717) is 0 Å². The number of hydrogen-bond acceptors (Lipinski definition) is 0. The summed E-state index contributed by atoms with van der Waals surface area (Å²) in [7, 11) is 0. The zero-order chi connectivity index (χ0) is 12.8. The smallest absolute Gasteiger partial charge is 0.213 e. The van der Waals surface area contributed by atoms with Gasteiger partial charge in [-0.2, -0.15) is 4.57 Å². The van der Waals surface area contributed by atoms with E-state index < -0.39 is 0 Å². The molecule has 0 radical (unpaired) electrons. The summed E-state index contributed by atoms with van der Waals surface area (Å²) in [6.07, 6.45) is 7.28. The minimum Gasteiger partial charge on any atom is -0.358 e. The highest BCUT2D eigenvalue weighted by atomic mass is 14.9. The molecule has 0 amide bonds. The van der Waals surface area contributed by atoms with Crippen molar-refractivity contribution in [3.05, 3.63) is 41.7 Å². The predicted molar refractivity (Wildman–Crippen MR) is 78.3 cm³/mol. The van der Waals surface area contributed by atoms with Crippen molar-refractivity contribution in [2.75, 3.05) is 0 Å². The summed E-state index contributed by atoms with van der Waals surface area (Å²) < 4.78 is 2.33. The van der Waals surface area contributed by atoms with Crippen LogP contribution >= 0.6 is 0 Å². The van der Waals surface area contributed by atoms with Crippen LogP contribution in [0.3, 0.4) is 0 Å². The Bertz CT molecular complexity index is 768. The quantitative estimate of drug-likeness (QED) is 0.639. The third-order valence-corrected chi connectivity index (χ3v) is 4.46. The lowest BCUT2D eigenvalue weighted by Crippen LogP contribution is -2.32. The third-order valence-electron chi connectivity index (χ3n) is 4.46. The van der Waals surface area contributed by atoms with Gasteiger partial charge in [0.15, 0.2) is 6.20 Å². The van der Waals surface area contributed by atoms with Crippen molar-refractivity contribution in [2.45, 2.75) is 39.2 Å². The van der Waals surface area contributed by atoms with Crippen LogP contribution in [0.15, 0.2) is 30.5 Å². The van der Waals surface area contributed by atoms with E-state index in [4.69, 9.17) is 0 Å². The van der Waals surface area contributed by atoms with E-state index >= 15 is 0 Å². The van der Waals surface area contributed by atoms with E-state index in [1.54, 1.807) is 5.56 Å². The maximum atomic E-state index is 3.64. The maximum Gasteiger partial charge on any atom is 0.213 e. The van der Waals surface area contributed by atoms with Gasteiger partial charge in [0, 0.05) is 28.7 Å². The average Bonchev–Trinajstić information content (AvgIpc) is 2.85. The Labute approximate surface area is 113 Å². The molecule has 1 aliphatic rings. The standard InChI is InChI=1S/C17H18N2/c1-2-19-11-5-7-13-16(19)10-9-15-17(13)12-6-3-4-8-14(12)18-15/h5,7,9-11H,2-4,6,8H2,1H3/p+1. The Morgan fingerprint density at radius 1 is 1.16 bits per heavy atom.